The van der Waals surface area contributed by atoms with Crippen molar-refractivity contribution >= 4 is 11.6 Å². The Morgan fingerprint density at radius 1 is 1.15 bits per heavy atom. The van der Waals surface area contributed by atoms with Gasteiger partial charge in [0.1, 0.15) is 0 Å². The topological polar surface area (TPSA) is 55.5 Å². The summed E-state index contributed by atoms with van der Waals surface area (Å²) >= 11 is 5.87. The summed E-state index contributed by atoms with van der Waals surface area (Å²) < 4.78 is 5.32. The highest BCUT2D eigenvalue weighted by atomic mass is 35.5. The minimum atomic E-state index is 0.633. The third-order valence-electron chi connectivity index (χ3n) is 3.85. The molecule has 1 heterocycles. The summed E-state index contributed by atoms with van der Waals surface area (Å²) in [4.78, 5) is 4.44. The molecular formula is C15H19ClN3O+. The Bertz CT molecular complexity index is 547. The van der Waals surface area contributed by atoms with Crippen molar-refractivity contribution in [2.75, 3.05) is 0 Å². The Labute approximate surface area is 123 Å². The maximum absolute atomic E-state index is 5.87. The summed E-state index contributed by atoms with van der Waals surface area (Å²) in [6.07, 6.45) is 6.68. The zero-order valence-corrected chi connectivity index (χ0v) is 12.1. The third kappa shape index (κ3) is 3.38. The quantitative estimate of drug-likeness (QED) is 0.943. The zero-order valence-electron chi connectivity index (χ0n) is 11.4. The van der Waals surface area contributed by atoms with Crippen LogP contribution in [0.5, 0.6) is 0 Å². The number of quaternary nitrogens is 1. The molecule has 1 aliphatic carbocycles. The van der Waals surface area contributed by atoms with E-state index in [9.17, 15) is 0 Å². The van der Waals surface area contributed by atoms with E-state index < -0.39 is 0 Å². The molecule has 1 aromatic heterocycles. The van der Waals surface area contributed by atoms with Crippen LogP contribution in [0.1, 0.15) is 38.0 Å². The van der Waals surface area contributed by atoms with Gasteiger partial charge in [0, 0.05) is 10.6 Å². The van der Waals surface area contributed by atoms with Gasteiger partial charge in [0.15, 0.2) is 6.54 Å². The molecule has 0 radical (unpaired) electrons. The van der Waals surface area contributed by atoms with Crippen molar-refractivity contribution < 1.29 is 9.84 Å². The van der Waals surface area contributed by atoms with Gasteiger partial charge in [-0.05, 0) is 49.9 Å². The van der Waals surface area contributed by atoms with Crippen molar-refractivity contribution in [2.24, 2.45) is 0 Å². The highest BCUT2D eigenvalue weighted by Gasteiger charge is 2.17. The number of nitrogens with zero attached hydrogens (tertiary/aromatic N) is 2. The molecule has 0 aliphatic heterocycles. The third-order valence-corrected chi connectivity index (χ3v) is 4.10. The van der Waals surface area contributed by atoms with Gasteiger partial charge in [0.2, 0.25) is 5.82 Å². The van der Waals surface area contributed by atoms with Crippen LogP contribution in [0.15, 0.2) is 28.8 Å². The maximum Gasteiger partial charge on any atom is 0.282 e. The summed E-state index contributed by atoms with van der Waals surface area (Å²) in [6.45, 7) is 0.769. The fraction of sp³-hybridized carbons (Fsp3) is 0.467. The smallest absolute Gasteiger partial charge is 0.282 e. The van der Waals surface area contributed by atoms with E-state index in [4.69, 9.17) is 16.1 Å². The van der Waals surface area contributed by atoms with Crippen molar-refractivity contribution in [2.45, 2.75) is 44.7 Å². The average Bonchev–Trinajstić information content (AvgIpc) is 2.96. The van der Waals surface area contributed by atoms with Crippen molar-refractivity contribution in [1.29, 1.82) is 0 Å². The maximum atomic E-state index is 5.87. The molecule has 1 aromatic carbocycles. The first kappa shape index (κ1) is 13.6. The SMILES string of the molecule is Clc1ccc(-c2noc(C[NH2+]C3CCCCC3)n2)cc1. The van der Waals surface area contributed by atoms with Crippen molar-refractivity contribution in [1.82, 2.24) is 10.1 Å². The largest absolute Gasteiger partial charge is 0.336 e. The molecule has 1 aliphatic rings. The molecule has 1 fully saturated rings. The van der Waals surface area contributed by atoms with E-state index in [0.717, 1.165) is 18.2 Å². The van der Waals surface area contributed by atoms with Gasteiger partial charge in [-0.1, -0.05) is 23.2 Å². The first-order chi connectivity index (χ1) is 9.81. The van der Waals surface area contributed by atoms with Crippen LogP contribution in [0.25, 0.3) is 11.4 Å². The second-order valence-corrected chi connectivity index (χ2v) is 5.79. The number of nitrogens with two attached hydrogens (primary N) is 1. The number of halogens is 1. The molecule has 3 rings (SSSR count). The molecule has 4 nitrogen and oxygen atoms in total. The van der Waals surface area contributed by atoms with Crippen LogP contribution in [-0.4, -0.2) is 16.2 Å². The van der Waals surface area contributed by atoms with Crippen LogP contribution in [0.3, 0.4) is 0 Å². The standard InChI is InChI=1S/C15H18ClN3O/c16-12-8-6-11(7-9-12)15-18-14(20-19-15)10-17-13-4-2-1-3-5-13/h6-9,13,17H,1-5,10H2/p+1. The van der Waals surface area contributed by atoms with Gasteiger partial charge < -0.3 is 9.84 Å². The molecule has 0 bridgehead atoms. The second-order valence-electron chi connectivity index (χ2n) is 5.36. The second kappa shape index (κ2) is 6.37. The molecule has 1 saturated carbocycles. The highest BCUT2D eigenvalue weighted by Crippen LogP contribution is 2.18. The van der Waals surface area contributed by atoms with E-state index in [1.54, 1.807) is 0 Å². The summed E-state index contributed by atoms with van der Waals surface area (Å²) in [5.41, 5.74) is 0.932. The van der Waals surface area contributed by atoms with Gasteiger partial charge in [0.25, 0.3) is 5.89 Å². The lowest BCUT2D eigenvalue weighted by Crippen LogP contribution is -2.88. The van der Waals surface area contributed by atoms with Crippen molar-refractivity contribution in [3.8, 4) is 11.4 Å². The van der Waals surface area contributed by atoms with Gasteiger partial charge in [-0.3, -0.25) is 0 Å². The zero-order chi connectivity index (χ0) is 13.8. The van der Waals surface area contributed by atoms with Crippen molar-refractivity contribution in [3.63, 3.8) is 0 Å². The first-order valence-corrected chi connectivity index (χ1v) is 7.61. The van der Waals surface area contributed by atoms with Crippen LogP contribution >= 0.6 is 11.6 Å². The lowest BCUT2D eigenvalue weighted by atomic mass is 9.95. The summed E-state index contributed by atoms with van der Waals surface area (Å²) in [7, 11) is 0. The normalized spacial score (nSPS) is 16.4. The molecule has 20 heavy (non-hydrogen) atoms. The van der Waals surface area contributed by atoms with E-state index in [1.807, 2.05) is 24.3 Å². The lowest BCUT2D eigenvalue weighted by molar-refractivity contribution is -0.708. The molecular weight excluding hydrogens is 274 g/mol. The molecule has 5 heteroatoms. The van der Waals surface area contributed by atoms with Crippen LogP contribution < -0.4 is 5.32 Å². The van der Waals surface area contributed by atoms with Crippen LogP contribution in [0, 0.1) is 0 Å². The van der Waals surface area contributed by atoms with Gasteiger partial charge in [-0.25, -0.2) is 0 Å². The predicted molar refractivity (Wildman–Crippen MR) is 77.2 cm³/mol. The number of benzene rings is 1. The average molecular weight is 293 g/mol. The number of rotatable bonds is 4. The van der Waals surface area contributed by atoms with Gasteiger partial charge in [0.05, 0.1) is 6.04 Å². The molecule has 0 amide bonds. The number of hydrogen-bond acceptors (Lipinski definition) is 3. The number of aromatic nitrogens is 2. The van der Waals surface area contributed by atoms with Gasteiger partial charge in [-0.15, -0.1) is 0 Å². The lowest BCUT2D eigenvalue weighted by Gasteiger charge is -2.18. The van der Waals surface area contributed by atoms with Crippen LogP contribution in [0.2, 0.25) is 5.02 Å². The fourth-order valence-corrected chi connectivity index (χ4v) is 2.82. The van der Waals surface area contributed by atoms with E-state index in [-0.39, 0.29) is 0 Å². The van der Waals surface area contributed by atoms with E-state index in [1.165, 1.54) is 32.1 Å². The Morgan fingerprint density at radius 2 is 1.90 bits per heavy atom. The Hall–Kier alpha value is -1.39. The fourth-order valence-electron chi connectivity index (χ4n) is 2.69. The molecule has 0 atom stereocenters. The monoisotopic (exact) mass is 292 g/mol. The van der Waals surface area contributed by atoms with Gasteiger partial charge >= 0.3 is 0 Å². The molecule has 0 unspecified atom stereocenters. The number of hydrogen-bond donors (Lipinski definition) is 1. The minimum Gasteiger partial charge on any atom is -0.336 e. The predicted octanol–water partition coefficient (Wildman–Crippen LogP) is 2.79. The Balaban J connectivity index is 1.60. The van der Waals surface area contributed by atoms with Crippen LogP contribution in [0.4, 0.5) is 0 Å². The van der Waals surface area contributed by atoms with Crippen LogP contribution in [-0.2, 0) is 6.54 Å². The summed E-state index contributed by atoms with van der Waals surface area (Å²) in [6, 6.07) is 8.20. The van der Waals surface area contributed by atoms with E-state index in [0.29, 0.717) is 16.7 Å². The molecule has 0 spiro atoms. The first-order valence-electron chi connectivity index (χ1n) is 7.23. The summed E-state index contributed by atoms with van der Waals surface area (Å²) in [5, 5.41) is 7.07. The summed E-state index contributed by atoms with van der Waals surface area (Å²) in [5.74, 6) is 1.33. The van der Waals surface area contributed by atoms with Crippen molar-refractivity contribution in [3.05, 3.63) is 35.2 Å². The van der Waals surface area contributed by atoms with Gasteiger partial charge in [-0.2, -0.15) is 4.98 Å². The van der Waals surface area contributed by atoms with E-state index in [2.05, 4.69) is 15.5 Å². The molecule has 0 saturated heterocycles. The molecule has 2 aromatic rings. The Morgan fingerprint density at radius 3 is 2.65 bits per heavy atom. The molecule has 2 N–H and O–H groups in total. The van der Waals surface area contributed by atoms with E-state index >= 15 is 0 Å². The minimum absolute atomic E-state index is 0.633. The Kier molecular flexibility index (Phi) is 4.33. The molecule has 106 valence electrons. The highest BCUT2D eigenvalue weighted by molar-refractivity contribution is 6.30.